The summed E-state index contributed by atoms with van der Waals surface area (Å²) in [5.41, 5.74) is -0.661. The van der Waals surface area contributed by atoms with Gasteiger partial charge in [0.25, 0.3) is 0 Å². The largest absolute Gasteiger partial charge is 0.481 e. The van der Waals surface area contributed by atoms with Crippen LogP contribution in [0.15, 0.2) is 0 Å². The zero-order valence-corrected chi connectivity index (χ0v) is 13.4. The number of ether oxygens (including phenoxy) is 1. The average molecular weight is 300 g/mol. The number of methoxy groups -OCH3 is 1. The minimum Gasteiger partial charge on any atom is -0.481 e. The molecule has 0 radical (unpaired) electrons. The maximum atomic E-state index is 12.2. The molecule has 2 N–H and O–H groups in total. The average Bonchev–Trinajstić information content (AvgIpc) is 2.47. The van der Waals surface area contributed by atoms with Gasteiger partial charge in [0.2, 0.25) is 0 Å². The molecule has 0 aromatic rings. The smallest absolute Gasteiger partial charge is 0.317 e. The Bertz CT molecular complexity index is 346. The Hall–Kier alpha value is -1.30. The Morgan fingerprint density at radius 3 is 2.38 bits per heavy atom. The summed E-state index contributed by atoms with van der Waals surface area (Å²) >= 11 is 0. The van der Waals surface area contributed by atoms with Gasteiger partial charge in [-0.2, -0.15) is 0 Å². The second-order valence-corrected chi connectivity index (χ2v) is 5.82. The lowest BCUT2D eigenvalue weighted by molar-refractivity contribution is -0.151. The minimum atomic E-state index is -0.742. The summed E-state index contributed by atoms with van der Waals surface area (Å²) < 4.78 is 5.12. The highest BCUT2D eigenvalue weighted by Gasteiger charge is 2.40. The van der Waals surface area contributed by atoms with Gasteiger partial charge in [-0.3, -0.25) is 4.79 Å². The summed E-state index contributed by atoms with van der Waals surface area (Å²) in [7, 11) is 1.62. The van der Waals surface area contributed by atoms with E-state index in [9.17, 15) is 14.7 Å². The Kier molecular flexibility index (Phi) is 6.95. The molecule has 2 amide bonds. The number of nitrogens with zero attached hydrogens (tertiary/aromatic N) is 1. The number of hydrogen-bond donors (Lipinski definition) is 2. The van der Waals surface area contributed by atoms with Gasteiger partial charge in [0.05, 0.1) is 18.1 Å². The Balaban J connectivity index is 2.53. The number of carboxylic acid groups (broad SMARTS) is 1. The standard InChI is InChI=1S/C15H28N2O4/c1-4-6-12(11-21-3)16-14(20)17-9-7-15(5-2,8-10-17)13(18)19/h12H,4-11H2,1-3H3,(H,16,20)(H,18,19). The fourth-order valence-electron chi connectivity index (χ4n) is 2.87. The van der Waals surface area contributed by atoms with Crippen LogP contribution in [0.1, 0.15) is 46.0 Å². The van der Waals surface area contributed by atoms with Crippen LogP contribution in [0.4, 0.5) is 4.79 Å². The van der Waals surface area contributed by atoms with E-state index < -0.39 is 11.4 Å². The summed E-state index contributed by atoms with van der Waals surface area (Å²) in [5.74, 6) is -0.742. The minimum absolute atomic E-state index is 0.0184. The highest BCUT2D eigenvalue weighted by atomic mass is 16.5. The number of nitrogens with one attached hydrogen (secondary N) is 1. The number of carbonyl (C=O) groups is 2. The van der Waals surface area contributed by atoms with E-state index in [2.05, 4.69) is 12.2 Å². The molecular formula is C15H28N2O4. The number of carbonyl (C=O) groups excluding carboxylic acids is 1. The predicted octanol–water partition coefficient (Wildman–Crippen LogP) is 2.09. The van der Waals surface area contributed by atoms with E-state index >= 15 is 0 Å². The number of urea groups is 1. The molecule has 0 aromatic heterocycles. The second-order valence-electron chi connectivity index (χ2n) is 5.82. The molecule has 21 heavy (non-hydrogen) atoms. The van der Waals surface area contributed by atoms with Crippen molar-refractivity contribution in [2.24, 2.45) is 5.41 Å². The number of rotatable bonds is 7. The number of carboxylic acids is 1. The molecule has 1 saturated heterocycles. The van der Waals surface area contributed by atoms with Gasteiger partial charge in [0.1, 0.15) is 0 Å². The zero-order chi connectivity index (χ0) is 15.9. The summed E-state index contributed by atoms with van der Waals surface area (Å²) in [6.45, 7) is 5.47. The Morgan fingerprint density at radius 2 is 1.95 bits per heavy atom. The molecule has 6 heteroatoms. The first-order valence-electron chi connectivity index (χ1n) is 7.76. The van der Waals surface area contributed by atoms with Gasteiger partial charge in [-0.25, -0.2) is 4.79 Å². The normalized spacial score (nSPS) is 19.1. The van der Waals surface area contributed by atoms with Crippen molar-refractivity contribution in [2.45, 2.75) is 52.0 Å². The molecule has 1 heterocycles. The lowest BCUT2D eigenvalue weighted by Crippen LogP contribution is -2.52. The quantitative estimate of drug-likeness (QED) is 0.754. The van der Waals surface area contributed by atoms with Crippen LogP contribution in [0.5, 0.6) is 0 Å². The van der Waals surface area contributed by atoms with Gasteiger partial charge in [-0.05, 0) is 25.7 Å². The third-order valence-electron chi connectivity index (χ3n) is 4.47. The van der Waals surface area contributed by atoms with E-state index in [0.717, 1.165) is 12.8 Å². The third kappa shape index (κ3) is 4.59. The van der Waals surface area contributed by atoms with Crippen LogP contribution in [-0.2, 0) is 9.53 Å². The number of piperidine rings is 1. The van der Waals surface area contributed by atoms with E-state index in [1.54, 1.807) is 12.0 Å². The van der Waals surface area contributed by atoms with Gasteiger partial charge in [-0.1, -0.05) is 20.3 Å². The SMILES string of the molecule is CCCC(COC)NC(=O)N1CCC(CC)(C(=O)O)CC1. The van der Waals surface area contributed by atoms with Gasteiger partial charge in [-0.15, -0.1) is 0 Å². The lowest BCUT2D eigenvalue weighted by atomic mass is 9.76. The highest BCUT2D eigenvalue weighted by Crippen LogP contribution is 2.35. The molecule has 1 unspecified atom stereocenters. The number of hydrogen-bond acceptors (Lipinski definition) is 3. The third-order valence-corrected chi connectivity index (χ3v) is 4.47. The van der Waals surface area contributed by atoms with Crippen molar-refractivity contribution in [3.05, 3.63) is 0 Å². The molecule has 0 saturated carbocycles. The molecule has 0 bridgehead atoms. The van der Waals surface area contributed by atoms with E-state index in [-0.39, 0.29) is 12.1 Å². The summed E-state index contributed by atoms with van der Waals surface area (Å²) in [6.07, 6.45) is 3.51. The van der Waals surface area contributed by atoms with E-state index in [4.69, 9.17) is 4.74 Å². The van der Waals surface area contributed by atoms with Crippen molar-refractivity contribution in [1.29, 1.82) is 0 Å². The summed E-state index contributed by atoms with van der Waals surface area (Å²) in [5, 5.41) is 12.3. The molecule has 0 aliphatic carbocycles. The molecule has 0 aromatic carbocycles. The predicted molar refractivity (Wildman–Crippen MR) is 80.3 cm³/mol. The maximum Gasteiger partial charge on any atom is 0.317 e. The Labute approximate surface area is 126 Å². The molecule has 0 spiro atoms. The first-order chi connectivity index (χ1) is 9.99. The second kappa shape index (κ2) is 8.22. The molecule has 122 valence electrons. The maximum absolute atomic E-state index is 12.2. The van der Waals surface area contributed by atoms with E-state index in [0.29, 0.717) is 39.0 Å². The molecule has 6 nitrogen and oxygen atoms in total. The van der Waals surface area contributed by atoms with Crippen molar-refractivity contribution < 1.29 is 19.4 Å². The summed E-state index contributed by atoms with van der Waals surface area (Å²) in [4.78, 5) is 25.4. The van der Waals surface area contributed by atoms with Crippen molar-refractivity contribution in [3.63, 3.8) is 0 Å². The number of likely N-dealkylation sites (tertiary alicyclic amines) is 1. The summed E-state index contributed by atoms with van der Waals surface area (Å²) in [6, 6.07) is -0.0922. The highest BCUT2D eigenvalue weighted by molar-refractivity contribution is 5.77. The first-order valence-corrected chi connectivity index (χ1v) is 7.76. The fourth-order valence-corrected chi connectivity index (χ4v) is 2.87. The fraction of sp³-hybridized carbons (Fsp3) is 0.867. The number of amides is 2. The van der Waals surface area contributed by atoms with Crippen LogP contribution in [0.25, 0.3) is 0 Å². The molecular weight excluding hydrogens is 272 g/mol. The molecule has 1 rings (SSSR count). The molecule has 1 atom stereocenters. The van der Waals surface area contributed by atoms with E-state index in [1.807, 2.05) is 6.92 Å². The monoisotopic (exact) mass is 300 g/mol. The van der Waals surface area contributed by atoms with Gasteiger partial charge >= 0.3 is 12.0 Å². The zero-order valence-electron chi connectivity index (χ0n) is 13.4. The number of aliphatic carboxylic acids is 1. The van der Waals surface area contributed by atoms with Crippen LogP contribution in [0.2, 0.25) is 0 Å². The van der Waals surface area contributed by atoms with Crippen molar-refractivity contribution >= 4 is 12.0 Å². The van der Waals surface area contributed by atoms with Gasteiger partial charge in [0.15, 0.2) is 0 Å². The first kappa shape index (κ1) is 17.8. The van der Waals surface area contributed by atoms with Crippen LogP contribution < -0.4 is 5.32 Å². The topological polar surface area (TPSA) is 78.9 Å². The molecule has 1 aliphatic rings. The Morgan fingerprint density at radius 1 is 1.33 bits per heavy atom. The van der Waals surface area contributed by atoms with Crippen molar-refractivity contribution in [3.8, 4) is 0 Å². The van der Waals surface area contributed by atoms with Crippen molar-refractivity contribution in [1.82, 2.24) is 10.2 Å². The molecule has 1 aliphatic heterocycles. The van der Waals surface area contributed by atoms with E-state index in [1.165, 1.54) is 0 Å². The van der Waals surface area contributed by atoms with Crippen LogP contribution in [0, 0.1) is 5.41 Å². The van der Waals surface area contributed by atoms with Crippen LogP contribution >= 0.6 is 0 Å². The lowest BCUT2D eigenvalue weighted by Gasteiger charge is -2.38. The van der Waals surface area contributed by atoms with Gasteiger partial charge in [0, 0.05) is 20.2 Å². The van der Waals surface area contributed by atoms with Gasteiger partial charge < -0.3 is 20.1 Å². The van der Waals surface area contributed by atoms with Crippen LogP contribution in [0.3, 0.4) is 0 Å². The van der Waals surface area contributed by atoms with Crippen molar-refractivity contribution in [2.75, 3.05) is 26.8 Å². The molecule has 1 fully saturated rings. The van der Waals surface area contributed by atoms with Crippen LogP contribution in [-0.4, -0.2) is 54.9 Å².